The minimum Gasteiger partial charge on any atom is -0.337 e. The maximum Gasteiger partial charge on any atom is 0.0754 e. The first-order chi connectivity index (χ1) is 45.9. The second-order valence-corrected chi connectivity index (χ2v) is 25.6. The Morgan fingerprint density at radius 2 is 0.817 bits per heavy atom. The van der Waals surface area contributed by atoms with Crippen molar-refractivity contribution in [3.8, 4) is 50.2 Å². The smallest absolute Gasteiger partial charge is 0.0754 e. The molecule has 0 saturated carbocycles. The lowest BCUT2D eigenvalue weighted by molar-refractivity contribution is 0.660. The summed E-state index contributed by atoms with van der Waals surface area (Å²) in [7, 11) is 0. The summed E-state index contributed by atoms with van der Waals surface area (Å²) in [5.74, 6) is 0. The number of fused-ring (bicyclic) bond motifs is 16. The van der Waals surface area contributed by atoms with E-state index in [0.717, 1.165) is 67.6 Å². The molecule has 1 atom stereocenters. The van der Waals surface area contributed by atoms with Crippen LogP contribution in [0.25, 0.3) is 72.0 Å². The van der Waals surface area contributed by atoms with Crippen LogP contribution in [0.4, 0.5) is 45.5 Å². The van der Waals surface area contributed by atoms with Crippen molar-refractivity contribution in [1.29, 1.82) is 0 Å². The Morgan fingerprint density at radius 3 is 1.48 bits per heavy atom. The van der Waals surface area contributed by atoms with Crippen molar-refractivity contribution in [1.82, 2.24) is 4.57 Å². The third-order valence-electron chi connectivity index (χ3n) is 20.2. The standard InChI is InChI=1S/C89H64N4/c1-88(2)75-50-46-63(61-29-12-4-13-30-61)55-73(75)74-57-69(47-51-76(74)88)90(59-60-27-10-3-11-28-60)70-48-52-78-84(58-70)93(68-39-22-9-23-40-68)87-79(89(78)77-42-25-24-41-71(77)72-49-45-64(56-80(72)89)62-31-14-5-15-32-62)53-54-83-86(87)85-81(43-26-44-82(85)92(83)67-37-20-8-21-38-67)91(65-33-16-6-17-34-65)66-35-18-7-19-36-66/h3-58H,59H2,1-2H3. The molecule has 0 bridgehead atoms. The van der Waals surface area contributed by atoms with E-state index < -0.39 is 5.41 Å². The van der Waals surface area contributed by atoms with E-state index in [0.29, 0.717) is 6.54 Å². The Morgan fingerprint density at radius 1 is 0.312 bits per heavy atom. The van der Waals surface area contributed by atoms with Crippen molar-refractivity contribution in [2.45, 2.75) is 31.2 Å². The van der Waals surface area contributed by atoms with E-state index in [4.69, 9.17) is 0 Å². The minimum absolute atomic E-state index is 0.186. The molecule has 15 aromatic rings. The average molecular weight is 1190 g/mol. The molecule has 14 aromatic carbocycles. The van der Waals surface area contributed by atoms with Crippen LogP contribution in [-0.4, -0.2) is 4.57 Å². The first-order valence-electron chi connectivity index (χ1n) is 32.4. The van der Waals surface area contributed by atoms with E-state index in [-0.39, 0.29) is 5.41 Å². The molecule has 2 aliphatic carbocycles. The van der Waals surface area contributed by atoms with E-state index in [1.54, 1.807) is 0 Å². The molecule has 1 aliphatic heterocycles. The molecular formula is C89H64N4. The molecule has 3 aliphatic rings. The molecule has 4 heteroatoms. The lowest BCUT2D eigenvalue weighted by atomic mass is 9.64. The third-order valence-corrected chi connectivity index (χ3v) is 20.2. The van der Waals surface area contributed by atoms with Crippen LogP contribution in [0.2, 0.25) is 0 Å². The van der Waals surface area contributed by atoms with Crippen LogP contribution in [0.5, 0.6) is 0 Å². The van der Waals surface area contributed by atoms with E-state index in [2.05, 4.69) is 373 Å². The van der Waals surface area contributed by atoms with E-state index in [1.165, 1.54) is 88.8 Å². The maximum absolute atomic E-state index is 2.64. The summed E-state index contributed by atoms with van der Waals surface area (Å²) < 4.78 is 2.51. The maximum atomic E-state index is 2.64. The highest BCUT2D eigenvalue weighted by Gasteiger charge is 2.53. The number of hydrogen-bond acceptors (Lipinski definition) is 3. The summed E-state index contributed by atoms with van der Waals surface area (Å²) in [5.41, 5.74) is 29.9. The van der Waals surface area contributed by atoms with Crippen molar-refractivity contribution in [3.63, 3.8) is 0 Å². The second-order valence-electron chi connectivity index (χ2n) is 25.6. The number of aromatic nitrogens is 1. The predicted octanol–water partition coefficient (Wildman–Crippen LogP) is 23.4. The average Bonchev–Trinajstić information content (AvgIpc) is 1.57. The summed E-state index contributed by atoms with van der Waals surface area (Å²) in [6.07, 6.45) is 0. The predicted molar refractivity (Wildman–Crippen MR) is 388 cm³/mol. The Labute approximate surface area is 543 Å². The number of benzene rings is 14. The fourth-order valence-corrected chi connectivity index (χ4v) is 16.1. The molecule has 4 nitrogen and oxygen atoms in total. The molecule has 1 spiro atoms. The van der Waals surface area contributed by atoms with Gasteiger partial charge in [0.25, 0.3) is 0 Å². The summed E-state index contributed by atoms with van der Waals surface area (Å²) in [5, 5.41) is 2.32. The largest absolute Gasteiger partial charge is 0.337 e. The Bertz CT molecular complexity index is 5330. The third kappa shape index (κ3) is 8.38. The molecule has 440 valence electrons. The van der Waals surface area contributed by atoms with Gasteiger partial charge in [-0.15, -0.1) is 0 Å². The van der Waals surface area contributed by atoms with Crippen molar-refractivity contribution in [2.24, 2.45) is 0 Å². The van der Waals surface area contributed by atoms with Gasteiger partial charge in [-0.1, -0.05) is 250 Å². The monoisotopic (exact) mass is 1190 g/mol. The van der Waals surface area contributed by atoms with Gasteiger partial charge < -0.3 is 19.3 Å². The summed E-state index contributed by atoms with van der Waals surface area (Å²) in [6, 6.07) is 127. The molecule has 1 aromatic heterocycles. The summed E-state index contributed by atoms with van der Waals surface area (Å²) >= 11 is 0. The van der Waals surface area contributed by atoms with Gasteiger partial charge in [0.2, 0.25) is 0 Å². The molecule has 0 amide bonds. The lowest BCUT2D eigenvalue weighted by Crippen LogP contribution is -2.36. The highest BCUT2D eigenvalue weighted by atomic mass is 15.2. The molecular weight excluding hydrogens is 1130 g/mol. The zero-order chi connectivity index (χ0) is 61.8. The van der Waals surface area contributed by atoms with Crippen molar-refractivity contribution in [3.05, 3.63) is 379 Å². The quantitative estimate of drug-likeness (QED) is 0.128. The van der Waals surface area contributed by atoms with Crippen molar-refractivity contribution < 1.29 is 0 Å². The highest BCUT2D eigenvalue weighted by molar-refractivity contribution is 6.24. The highest BCUT2D eigenvalue weighted by Crippen LogP contribution is 2.66. The van der Waals surface area contributed by atoms with Gasteiger partial charge in [-0.2, -0.15) is 0 Å². The van der Waals surface area contributed by atoms with Crippen LogP contribution in [0.15, 0.2) is 340 Å². The molecule has 2 heterocycles. The molecule has 0 N–H and O–H groups in total. The number of rotatable bonds is 11. The SMILES string of the molecule is CC1(C)c2ccc(-c3ccccc3)cc2-c2cc(N(Cc3ccccc3)c3ccc4c(c3)N(c3ccccc3)c3c(ccc5c3c3c(N(c6ccccc6)c6ccccc6)cccc3n5-c3ccccc3)C43c4ccccc4-c4ccc(-c5ccccc5)cc43)ccc21. The number of para-hydroxylation sites is 4. The van der Waals surface area contributed by atoms with Crippen LogP contribution in [0.1, 0.15) is 52.8 Å². The number of nitrogens with zero attached hydrogens (tertiary/aromatic N) is 4. The van der Waals surface area contributed by atoms with Gasteiger partial charge in [0.1, 0.15) is 0 Å². The van der Waals surface area contributed by atoms with Crippen molar-refractivity contribution >= 4 is 67.3 Å². The van der Waals surface area contributed by atoms with Crippen LogP contribution in [0, 0.1) is 0 Å². The van der Waals surface area contributed by atoms with Gasteiger partial charge >= 0.3 is 0 Å². The van der Waals surface area contributed by atoms with Crippen LogP contribution in [-0.2, 0) is 17.4 Å². The molecule has 0 saturated heterocycles. The Hall–Kier alpha value is -11.7. The van der Waals surface area contributed by atoms with Gasteiger partial charge in [-0.3, -0.25) is 0 Å². The minimum atomic E-state index is -0.808. The Kier molecular flexibility index (Phi) is 12.5. The van der Waals surface area contributed by atoms with Gasteiger partial charge in [-0.05, 0) is 187 Å². The summed E-state index contributed by atoms with van der Waals surface area (Å²) in [6.45, 7) is 5.42. The number of hydrogen-bond donors (Lipinski definition) is 0. The van der Waals surface area contributed by atoms with Gasteiger partial charge in [0.05, 0.1) is 33.5 Å². The molecule has 1 unspecified atom stereocenters. The number of anilines is 8. The van der Waals surface area contributed by atoms with Crippen LogP contribution < -0.4 is 14.7 Å². The zero-order valence-corrected chi connectivity index (χ0v) is 51.8. The van der Waals surface area contributed by atoms with Crippen LogP contribution >= 0.6 is 0 Å². The van der Waals surface area contributed by atoms with E-state index in [9.17, 15) is 0 Å². The first-order valence-corrected chi connectivity index (χ1v) is 32.4. The van der Waals surface area contributed by atoms with Crippen LogP contribution in [0.3, 0.4) is 0 Å². The van der Waals surface area contributed by atoms with Gasteiger partial charge in [0.15, 0.2) is 0 Å². The zero-order valence-electron chi connectivity index (χ0n) is 51.8. The Balaban J connectivity index is 0.973. The van der Waals surface area contributed by atoms with Gasteiger partial charge in [0, 0.05) is 56.9 Å². The normalized spacial score (nSPS) is 14.5. The van der Waals surface area contributed by atoms with Crippen molar-refractivity contribution in [2.75, 3.05) is 14.7 Å². The molecule has 93 heavy (non-hydrogen) atoms. The van der Waals surface area contributed by atoms with Gasteiger partial charge in [-0.25, -0.2) is 0 Å². The second kappa shape index (κ2) is 21.5. The fourth-order valence-electron chi connectivity index (χ4n) is 16.1. The fraction of sp³-hybridized carbons (Fsp3) is 0.0562. The van der Waals surface area contributed by atoms with E-state index >= 15 is 0 Å². The van der Waals surface area contributed by atoms with E-state index in [1.807, 2.05) is 0 Å². The molecule has 0 radical (unpaired) electrons. The summed E-state index contributed by atoms with van der Waals surface area (Å²) in [4.78, 5) is 7.66. The molecule has 0 fully saturated rings. The lowest BCUT2D eigenvalue weighted by Gasteiger charge is -2.46. The molecule has 18 rings (SSSR count). The topological polar surface area (TPSA) is 14.7 Å². The first kappa shape index (κ1) is 54.2.